The van der Waals surface area contributed by atoms with E-state index in [1.54, 1.807) is 26.7 Å². The Morgan fingerprint density at radius 2 is 0.713 bits per heavy atom. The number of aliphatic hydroxyl groups is 2. The molecule has 27 heteroatoms. The van der Waals surface area contributed by atoms with Crippen LogP contribution in [0, 0.1) is 63.2 Å². The van der Waals surface area contributed by atoms with Gasteiger partial charge in [-0.05, 0) is 144 Å². The molecular formula is C102H150N4O19P4. The number of alkyl carbamates (subject to hydrolysis) is 2. The summed E-state index contributed by atoms with van der Waals surface area (Å²) in [6.45, 7) is 36.4. The number of aliphatic hydroxyl groups excluding tert-OH is 2. The van der Waals surface area contributed by atoms with Gasteiger partial charge in [0.1, 0.15) is 18.5 Å². The first-order valence-electron chi connectivity index (χ1n) is 44.7. The maximum absolute atomic E-state index is 12.7. The molecule has 2 amide bonds. The number of aldehydes is 1. The van der Waals surface area contributed by atoms with Crippen molar-refractivity contribution in [1.29, 1.82) is 0 Å². The Labute approximate surface area is 770 Å². The molecular weight excluding hydrogens is 1710 g/mol. The molecule has 4 saturated heterocycles. The van der Waals surface area contributed by atoms with E-state index in [-0.39, 0.29) is 50.6 Å². The molecule has 4 aliphatic heterocycles. The van der Waals surface area contributed by atoms with Gasteiger partial charge in [0.2, 0.25) is 29.5 Å². The van der Waals surface area contributed by atoms with E-state index in [4.69, 9.17) is 52.2 Å². The molecule has 14 atom stereocenters. The number of hydrogen-bond donors (Lipinski definition) is 6. The summed E-state index contributed by atoms with van der Waals surface area (Å²) in [6.07, 6.45) is 2.78. The molecule has 712 valence electrons. The molecule has 0 aromatic heterocycles. The Hall–Kier alpha value is -7.59. The fourth-order valence-electron chi connectivity index (χ4n) is 14.7. The van der Waals surface area contributed by atoms with Gasteiger partial charge in [-0.15, -0.1) is 0 Å². The third-order valence-corrected chi connectivity index (χ3v) is 29.5. The number of carbonyl (C=O) groups is 3. The fraction of sp³-hybridized carbons (Fsp3) is 0.500. The lowest BCUT2D eigenvalue weighted by atomic mass is 10.0. The van der Waals surface area contributed by atoms with Crippen molar-refractivity contribution in [2.75, 3.05) is 90.8 Å². The van der Waals surface area contributed by atoms with Crippen molar-refractivity contribution in [2.45, 2.75) is 205 Å². The average Bonchev–Trinajstić information content (AvgIpc) is 1.68. The number of hydrogen-bond acceptors (Lipinski definition) is 21. The van der Waals surface area contributed by atoms with Crippen molar-refractivity contribution in [3.05, 3.63) is 285 Å². The Morgan fingerprint density at radius 1 is 0.419 bits per heavy atom. The SMILES string of the molecule is C.CC(C)CP(C)(=O)OCc1ccccc1.CC(C)CP(C)(=O)OCc1ccccc1.CC(C)CP(C)(=O)OCc1ccccc1.CC(C)CP(C)(=O)OCc1ccccc1.Cc1ccc(CC=O)cc1C.Cc1ccc(CNCC(O)C(Cc2ccccc2)NC(=O)OC2COC3OCCC23)cc1C.NCC(O)C(Cc1ccccc1)NC(=O)OC1COC2OCCC12. The lowest BCUT2D eigenvalue weighted by Crippen LogP contribution is -2.49. The van der Waals surface area contributed by atoms with Gasteiger partial charge in [-0.3, -0.25) is 18.3 Å². The highest BCUT2D eigenvalue weighted by Gasteiger charge is 2.45. The molecule has 0 aliphatic carbocycles. The van der Waals surface area contributed by atoms with Gasteiger partial charge >= 0.3 is 12.2 Å². The van der Waals surface area contributed by atoms with E-state index >= 15 is 0 Å². The number of aryl methyl sites for hydroxylation is 4. The van der Waals surface area contributed by atoms with Crippen molar-refractivity contribution >= 4 is 47.9 Å². The minimum atomic E-state index is -2.41. The van der Waals surface area contributed by atoms with E-state index in [0.717, 1.165) is 63.6 Å². The molecule has 0 bridgehead atoms. The molecule has 4 aliphatic rings. The molecule has 0 saturated carbocycles. The van der Waals surface area contributed by atoms with Crippen LogP contribution in [0.25, 0.3) is 0 Å². The summed E-state index contributed by atoms with van der Waals surface area (Å²) in [5.41, 5.74) is 19.2. The monoisotopic (exact) mass is 1860 g/mol. The lowest BCUT2D eigenvalue weighted by molar-refractivity contribution is -0.107. The number of benzene rings is 8. The van der Waals surface area contributed by atoms with Crippen LogP contribution in [0.1, 0.15) is 142 Å². The van der Waals surface area contributed by atoms with Gasteiger partial charge in [0, 0.05) is 77.4 Å². The fourth-order valence-corrected chi connectivity index (χ4v) is 22.1. The summed E-state index contributed by atoms with van der Waals surface area (Å²) in [7, 11) is -9.66. The highest BCUT2D eigenvalue weighted by molar-refractivity contribution is 7.59. The van der Waals surface area contributed by atoms with Crippen molar-refractivity contribution in [1.82, 2.24) is 16.0 Å². The maximum Gasteiger partial charge on any atom is 0.407 e. The zero-order valence-electron chi connectivity index (χ0n) is 78.3. The number of carbonyl (C=O) groups excluding carboxylic acids is 3. The van der Waals surface area contributed by atoms with Gasteiger partial charge in [-0.1, -0.05) is 281 Å². The first kappa shape index (κ1) is 112. The smallest absolute Gasteiger partial charge is 0.407 e. The van der Waals surface area contributed by atoms with E-state index in [1.807, 2.05) is 194 Å². The largest absolute Gasteiger partial charge is 0.443 e. The molecule has 8 aromatic carbocycles. The van der Waals surface area contributed by atoms with Crippen LogP contribution in [0.15, 0.2) is 218 Å². The molecule has 8 aromatic rings. The quantitative estimate of drug-likeness (QED) is 0.0156. The second kappa shape index (κ2) is 59.1. The van der Waals surface area contributed by atoms with Crippen LogP contribution in [0.4, 0.5) is 9.59 Å². The third kappa shape index (κ3) is 46.1. The van der Waals surface area contributed by atoms with E-state index in [9.17, 15) is 42.9 Å². The molecule has 7 N–H and O–H groups in total. The van der Waals surface area contributed by atoms with Crippen LogP contribution < -0.4 is 21.7 Å². The van der Waals surface area contributed by atoms with Gasteiger partial charge < -0.3 is 83.2 Å². The van der Waals surface area contributed by atoms with Crippen LogP contribution in [0.2, 0.25) is 0 Å². The first-order chi connectivity index (χ1) is 60.9. The number of rotatable bonds is 37. The van der Waals surface area contributed by atoms with Crippen LogP contribution in [0.3, 0.4) is 0 Å². The number of ether oxygens (including phenoxy) is 6. The Kier molecular flexibility index (Phi) is 51.3. The highest BCUT2D eigenvalue weighted by Crippen LogP contribution is 2.48. The summed E-state index contributed by atoms with van der Waals surface area (Å²) in [5.74, 6) is 1.82. The molecule has 0 spiro atoms. The van der Waals surface area contributed by atoms with Gasteiger partial charge in [-0.2, -0.15) is 0 Å². The molecule has 129 heavy (non-hydrogen) atoms. The van der Waals surface area contributed by atoms with Crippen LogP contribution in [-0.2, 0) is 122 Å². The van der Waals surface area contributed by atoms with Gasteiger partial charge in [0.05, 0.1) is 89.0 Å². The van der Waals surface area contributed by atoms with E-state index in [1.165, 1.54) is 22.3 Å². The molecule has 4 heterocycles. The van der Waals surface area contributed by atoms with Crippen molar-refractivity contribution in [2.24, 2.45) is 41.2 Å². The number of nitrogens with one attached hydrogen (secondary N) is 3. The van der Waals surface area contributed by atoms with Crippen molar-refractivity contribution in [3.63, 3.8) is 0 Å². The third-order valence-electron chi connectivity index (χ3n) is 21.2. The van der Waals surface area contributed by atoms with Gasteiger partial charge in [0.15, 0.2) is 12.6 Å². The molecule has 12 rings (SSSR count). The van der Waals surface area contributed by atoms with Gasteiger partial charge in [0.25, 0.3) is 0 Å². The normalized spacial score (nSPS) is 19.2. The van der Waals surface area contributed by atoms with E-state index in [2.05, 4.69) is 123 Å². The summed E-state index contributed by atoms with van der Waals surface area (Å²) < 4.78 is 103. The Morgan fingerprint density at radius 3 is 1.01 bits per heavy atom. The minimum Gasteiger partial charge on any atom is -0.443 e. The standard InChI is InChI=1S/C26H34N2O5.C17H24N2O5.4C12H19O2P.C10H12O.CH4/c1-17-8-9-20(12-18(17)2)14-27-15-23(29)22(13-19-6-4-3-5-7-19)28-26(30)33-24-16-32-25-21(24)10-11-31-25;18-9-14(20)13(8-11-4-2-1-3-5-11)19-17(21)24-15-10-23-16-12(15)6-7-22-16;4*1-11(2)10-15(3,13)14-9-12-7-5-4-6-8-12;1-8-3-4-10(5-6-11)7-9(8)2;/h3-9,12,21-25,27,29H,10-11,13-16H2,1-2H3,(H,28,30);1-5,12-16,20H,6-10,18H2,(H,19,21);4*4-8,11H,9-10H2,1-3H3;3-4,6-7H,5H2,1-2H3;1H4. The second-order valence-electron chi connectivity index (χ2n) is 35.4. The molecule has 14 unspecified atom stereocenters. The van der Waals surface area contributed by atoms with Crippen LogP contribution in [0.5, 0.6) is 0 Å². The van der Waals surface area contributed by atoms with Crippen molar-refractivity contribution < 1.29 is 89.4 Å². The molecule has 4 fully saturated rings. The molecule has 23 nitrogen and oxygen atoms in total. The summed E-state index contributed by atoms with van der Waals surface area (Å²) in [5, 5.41) is 30.0. The maximum atomic E-state index is 12.7. The van der Waals surface area contributed by atoms with Crippen molar-refractivity contribution in [3.8, 4) is 0 Å². The number of amides is 2. The zero-order chi connectivity index (χ0) is 93.7. The topological polar surface area (TPSA) is 314 Å². The number of fused-ring (bicyclic) bond motifs is 2. The predicted octanol–water partition coefficient (Wildman–Crippen LogP) is 21.0. The number of nitrogens with two attached hydrogens (primary N) is 1. The first-order valence-corrected chi connectivity index (χ1v) is 53.7. The Balaban J connectivity index is 0.000000275. The van der Waals surface area contributed by atoms with Gasteiger partial charge in [-0.25, -0.2) is 9.59 Å². The minimum absolute atomic E-state index is 0. The summed E-state index contributed by atoms with van der Waals surface area (Å²) in [4.78, 5) is 35.1. The second-order valence-corrected chi connectivity index (χ2v) is 46.0. The lowest BCUT2D eigenvalue weighted by Gasteiger charge is -2.26. The highest BCUT2D eigenvalue weighted by atomic mass is 31.2. The predicted molar refractivity (Wildman–Crippen MR) is 521 cm³/mol. The summed E-state index contributed by atoms with van der Waals surface area (Å²) >= 11 is 0. The zero-order valence-corrected chi connectivity index (χ0v) is 81.9. The van der Waals surface area contributed by atoms with E-state index < -0.39 is 66.0 Å². The van der Waals surface area contributed by atoms with Crippen LogP contribution in [-0.4, -0.2) is 169 Å². The average molecular weight is 1860 g/mol. The summed E-state index contributed by atoms with van der Waals surface area (Å²) in [6, 6.07) is 70.3. The van der Waals surface area contributed by atoms with Crippen LogP contribution >= 0.6 is 29.5 Å². The van der Waals surface area contributed by atoms with E-state index in [0.29, 0.717) is 134 Å². The Bertz CT molecular complexity index is 4380. The molecule has 0 radical (unpaired) electrons.